The molecule has 4 rings (SSSR count). The molecule has 106 valence electrons. The Kier molecular flexibility index (Phi) is 3.11. The van der Waals surface area contributed by atoms with Crippen LogP contribution >= 0.6 is 11.3 Å². The van der Waals surface area contributed by atoms with Crippen molar-refractivity contribution in [2.45, 2.75) is 32.2 Å². The molecule has 3 nitrogen and oxygen atoms in total. The molecule has 1 aliphatic rings. The highest BCUT2D eigenvalue weighted by Crippen LogP contribution is 2.34. The molecule has 2 heterocycles. The molecule has 2 aromatic heterocycles. The topological polar surface area (TPSA) is 34.9 Å². The van der Waals surface area contributed by atoms with Crippen LogP contribution in [0.3, 0.4) is 0 Å². The maximum absolute atomic E-state index is 12.7. The number of hydrogen-bond acceptors (Lipinski definition) is 3. The number of benzene rings is 1. The van der Waals surface area contributed by atoms with Gasteiger partial charge in [-0.1, -0.05) is 30.3 Å². The largest absolute Gasteiger partial charge is 0.298 e. The summed E-state index contributed by atoms with van der Waals surface area (Å²) in [5.41, 5.74) is 2.65. The van der Waals surface area contributed by atoms with Gasteiger partial charge in [0.05, 0.1) is 11.7 Å². The zero-order valence-electron chi connectivity index (χ0n) is 11.7. The van der Waals surface area contributed by atoms with Crippen molar-refractivity contribution in [3.8, 4) is 0 Å². The highest BCUT2D eigenvalue weighted by Gasteiger charge is 2.21. The van der Waals surface area contributed by atoms with Gasteiger partial charge in [-0.2, -0.15) is 0 Å². The van der Waals surface area contributed by atoms with E-state index in [2.05, 4.69) is 17.1 Å². The summed E-state index contributed by atoms with van der Waals surface area (Å²) in [5, 5.41) is 0.878. The molecule has 0 atom stereocenters. The summed E-state index contributed by atoms with van der Waals surface area (Å²) in [6.45, 7) is 0.691. The molecule has 1 aromatic carbocycles. The van der Waals surface area contributed by atoms with Crippen LogP contribution in [0.25, 0.3) is 10.2 Å². The first-order valence-electron chi connectivity index (χ1n) is 7.36. The third-order valence-electron chi connectivity index (χ3n) is 4.18. The van der Waals surface area contributed by atoms with E-state index in [0.717, 1.165) is 29.5 Å². The van der Waals surface area contributed by atoms with Crippen LogP contribution in [0, 0.1) is 0 Å². The van der Waals surface area contributed by atoms with Crippen LogP contribution in [0.2, 0.25) is 0 Å². The van der Waals surface area contributed by atoms with E-state index in [4.69, 9.17) is 0 Å². The maximum Gasteiger partial charge on any atom is 0.262 e. The Morgan fingerprint density at radius 3 is 2.90 bits per heavy atom. The zero-order valence-corrected chi connectivity index (χ0v) is 12.5. The predicted octanol–water partition coefficient (Wildman–Crippen LogP) is 3.19. The van der Waals surface area contributed by atoms with E-state index < -0.39 is 0 Å². The molecule has 3 aromatic rings. The van der Waals surface area contributed by atoms with Gasteiger partial charge in [0.15, 0.2) is 0 Å². The van der Waals surface area contributed by atoms with E-state index in [1.54, 1.807) is 22.2 Å². The molecule has 0 N–H and O–H groups in total. The van der Waals surface area contributed by atoms with Crippen molar-refractivity contribution in [2.24, 2.45) is 0 Å². The van der Waals surface area contributed by atoms with Crippen molar-refractivity contribution >= 4 is 21.6 Å². The second-order valence-electron chi connectivity index (χ2n) is 5.52. The zero-order chi connectivity index (χ0) is 14.2. The Morgan fingerprint density at radius 1 is 1.19 bits per heavy atom. The van der Waals surface area contributed by atoms with Crippen molar-refractivity contribution in [1.29, 1.82) is 0 Å². The Labute approximate surface area is 126 Å². The molecule has 0 aliphatic heterocycles. The van der Waals surface area contributed by atoms with Crippen LogP contribution in [0.5, 0.6) is 0 Å². The molecule has 0 unspecified atom stereocenters. The van der Waals surface area contributed by atoms with Crippen molar-refractivity contribution in [2.75, 3.05) is 0 Å². The molecule has 0 spiro atoms. The second kappa shape index (κ2) is 5.11. The van der Waals surface area contributed by atoms with Gasteiger partial charge >= 0.3 is 0 Å². The molecular weight excluding hydrogens is 280 g/mol. The maximum atomic E-state index is 12.7. The van der Waals surface area contributed by atoms with Crippen LogP contribution in [0.4, 0.5) is 0 Å². The van der Waals surface area contributed by atoms with Crippen LogP contribution in [-0.2, 0) is 25.8 Å². The standard InChI is InChI=1S/C17H16N2OS/c20-17-15-13-7-4-8-14(13)21-16(15)18-11-19(17)10-9-12-5-2-1-3-6-12/h1-3,5-6,11H,4,7-10H2. The minimum absolute atomic E-state index is 0.135. The number of aromatic nitrogens is 2. The lowest BCUT2D eigenvalue weighted by atomic mass is 10.1. The molecule has 0 saturated carbocycles. The van der Waals surface area contributed by atoms with E-state index in [0.29, 0.717) is 6.54 Å². The number of aryl methyl sites for hydroxylation is 4. The molecular formula is C17H16N2OS. The highest BCUT2D eigenvalue weighted by molar-refractivity contribution is 7.18. The molecule has 0 radical (unpaired) electrons. The van der Waals surface area contributed by atoms with Gasteiger partial charge in [-0.15, -0.1) is 11.3 Å². The number of fused-ring (bicyclic) bond motifs is 3. The number of hydrogen-bond donors (Lipinski definition) is 0. The lowest BCUT2D eigenvalue weighted by Gasteiger charge is -2.06. The van der Waals surface area contributed by atoms with Crippen LogP contribution < -0.4 is 5.56 Å². The summed E-state index contributed by atoms with van der Waals surface area (Å²) < 4.78 is 1.76. The summed E-state index contributed by atoms with van der Waals surface area (Å²) in [7, 11) is 0. The van der Waals surface area contributed by atoms with E-state index in [9.17, 15) is 4.79 Å². The summed E-state index contributed by atoms with van der Waals surface area (Å²) in [6, 6.07) is 10.3. The summed E-state index contributed by atoms with van der Waals surface area (Å²) in [5.74, 6) is 0. The SMILES string of the molecule is O=c1c2c3c(sc2ncn1CCc1ccccc1)CCC3. The summed E-state index contributed by atoms with van der Waals surface area (Å²) >= 11 is 1.70. The Balaban J connectivity index is 1.70. The Bertz CT molecular complexity index is 848. The van der Waals surface area contributed by atoms with Crippen molar-refractivity contribution in [3.63, 3.8) is 0 Å². The minimum Gasteiger partial charge on any atom is -0.298 e. The van der Waals surface area contributed by atoms with Crippen molar-refractivity contribution < 1.29 is 0 Å². The summed E-state index contributed by atoms with van der Waals surface area (Å²) in [6.07, 6.45) is 5.89. The van der Waals surface area contributed by atoms with Crippen LogP contribution in [0.1, 0.15) is 22.4 Å². The first kappa shape index (κ1) is 12.8. The molecule has 4 heteroatoms. The Morgan fingerprint density at radius 2 is 2.05 bits per heavy atom. The minimum atomic E-state index is 0.135. The average molecular weight is 296 g/mol. The van der Waals surface area contributed by atoms with Gasteiger partial charge in [0, 0.05) is 11.4 Å². The van der Waals surface area contributed by atoms with Crippen LogP contribution in [0.15, 0.2) is 41.5 Å². The van der Waals surface area contributed by atoms with Crippen molar-refractivity contribution in [3.05, 3.63) is 63.0 Å². The molecule has 0 fully saturated rings. The number of rotatable bonds is 3. The van der Waals surface area contributed by atoms with E-state index >= 15 is 0 Å². The molecule has 0 saturated heterocycles. The van der Waals surface area contributed by atoms with Crippen LogP contribution in [-0.4, -0.2) is 9.55 Å². The van der Waals surface area contributed by atoms with E-state index in [1.165, 1.54) is 22.4 Å². The van der Waals surface area contributed by atoms with E-state index in [-0.39, 0.29) is 5.56 Å². The Hall–Kier alpha value is -1.94. The van der Waals surface area contributed by atoms with E-state index in [1.807, 2.05) is 18.2 Å². The van der Waals surface area contributed by atoms with Gasteiger partial charge in [0.25, 0.3) is 5.56 Å². The first-order valence-corrected chi connectivity index (χ1v) is 8.18. The lowest BCUT2D eigenvalue weighted by Crippen LogP contribution is -2.21. The molecule has 21 heavy (non-hydrogen) atoms. The lowest BCUT2D eigenvalue weighted by molar-refractivity contribution is 0.663. The smallest absolute Gasteiger partial charge is 0.262 e. The fourth-order valence-corrected chi connectivity index (χ4v) is 4.29. The third kappa shape index (κ3) is 2.20. The normalized spacial score (nSPS) is 13.7. The summed E-state index contributed by atoms with van der Waals surface area (Å²) in [4.78, 5) is 19.5. The number of nitrogens with zero attached hydrogens (tertiary/aromatic N) is 2. The third-order valence-corrected chi connectivity index (χ3v) is 5.38. The van der Waals surface area contributed by atoms with Gasteiger partial charge < -0.3 is 0 Å². The van der Waals surface area contributed by atoms with Crippen molar-refractivity contribution in [1.82, 2.24) is 9.55 Å². The monoisotopic (exact) mass is 296 g/mol. The predicted molar refractivity (Wildman–Crippen MR) is 86.1 cm³/mol. The molecule has 0 amide bonds. The van der Waals surface area contributed by atoms with Gasteiger partial charge in [-0.05, 0) is 36.8 Å². The van der Waals surface area contributed by atoms with Gasteiger partial charge in [-0.3, -0.25) is 9.36 Å². The average Bonchev–Trinajstić information content (AvgIpc) is 3.08. The van der Waals surface area contributed by atoms with Gasteiger partial charge in [0.2, 0.25) is 0 Å². The fourth-order valence-electron chi connectivity index (χ4n) is 3.07. The molecule has 1 aliphatic carbocycles. The quantitative estimate of drug-likeness (QED) is 0.744. The van der Waals surface area contributed by atoms with Gasteiger partial charge in [0.1, 0.15) is 4.83 Å². The second-order valence-corrected chi connectivity index (χ2v) is 6.60. The number of thiophene rings is 1. The molecule has 0 bridgehead atoms. The van der Waals surface area contributed by atoms with Gasteiger partial charge in [-0.25, -0.2) is 4.98 Å². The highest BCUT2D eigenvalue weighted by atomic mass is 32.1. The first-order chi connectivity index (χ1) is 10.3. The fraction of sp³-hybridized carbons (Fsp3) is 0.294.